The lowest BCUT2D eigenvalue weighted by atomic mass is 10.0. The highest BCUT2D eigenvalue weighted by atomic mass is 16.5. The molecule has 0 saturated carbocycles. The van der Waals surface area contributed by atoms with Crippen molar-refractivity contribution in [3.8, 4) is 17.2 Å². The first-order valence-corrected chi connectivity index (χ1v) is 10.7. The standard InChI is InChI=1S/C24H30N2O5/c1-2-29-21-8-10-22(11-9-21)31-18-24(28)26-15-12-19(13-16-26)25-23(27)14-17-30-20-6-4-3-5-7-20/h3-11,19H,2,12-18H2,1H3,(H,25,27). The molecule has 0 atom stereocenters. The van der Waals surface area contributed by atoms with Gasteiger partial charge in [-0.15, -0.1) is 0 Å². The van der Waals surface area contributed by atoms with Gasteiger partial charge in [0.25, 0.3) is 5.91 Å². The van der Waals surface area contributed by atoms with Crippen molar-refractivity contribution in [1.29, 1.82) is 0 Å². The second kappa shape index (κ2) is 11.8. The SMILES string of the molecule is CCOc1ccc(OCC(=O)N2CCC(NC(=O)CCOc3ccccc3)CC2)cc1. The summed E-state index contributed by atoms with van der Waals surface area (Å²) in [5.41, 5.74) is 0. The van der Waals surface area contributed by atoms with Gasteiger partial charge < -0.3 is 24.4 Å². The summed E-state index contributed by atoms with van der Waals surface area (Å²) in [4.78, 5) is 26.3. The lowest BCUT2D eigenvalue weighted by Gasteiger charge is -2.32. The third kappa shape index (κ3) is 7.51. The number of carbonyl (C=O) groups excluding carboxylic acids is 2. The lowest BCUT2D eigenvalue weighted by molar-refractivity contribution is -0.134. The molecule has 0 aliphatic carbocycles. The summed E-state index contributed by atoms with van der Waals surface area (Å²) in [7, 11) is 0. The minimum absolute atomic E-state index is 0.00182. The topological polar surface area (TPSA) is 77.1 Å². The average molecular weight is 427 g/mol. The van der Waals surface area contributed by atoms with Crippen molar-refractivity contribution < 1.29 is 23.8 Å². The zero-order valence-electron chi connectivity index (χ0n) is 17.9. The summed E-state index contributed by atoms with van der Waals surface area (Å²) >= 11 is 0. The van der Waals surface area contributed by atoms with Crippen LogP contribution in [0.15, 0.2) is 54.6 Å². The smallest absolute Gasteiger partial charge is 0.260 e. The largest absolute Gasteiger partial charge is 0.494 e. The van der Waals surface area contributed by atoms with Crippen LogP contribution < -0.4 is 19.5 Å². The van der Waals surface area contributed by atoms with Crippen LogP contribution in [0.25, 0.3) is 0 Å². The Labute approximate surface area is 183 Å². The number of rotatable bonds is 10. The molecular formula is C24H30N2O5. The Kier molecular flexibility index (Phi) is 8.58. The Balaban J connectivity index is 1.31. The molecule has 0 radical (unpaired) electrons. The van der Waals surface area contributed by atoms with Crippen LogP contribution in [0, 0.1) is 0 Å². The van der Waals surface area contributed by atoms with Gasteiger partial charge in [-0.25, -0.2) is 0 Å². The van der Waals surface area contributed by atoms with Crippen molar-refractivity contribution in [3.63, 3.8) is 0 Å². The Bertz CT molecular complexity index is 818. The van der Waals surface area contributed by atoms with E-state index < -0.39 is 0 Å². The molecule has 2 aromatic carbocycles. The van der Waals surface area contributed by atoms with E-state index in [1.54, 1.807) is 17.0 Å². The molecule has 3 rings (SSSR count). The molecule has 1 N–H and O–H groups in total. The van der Waals surface area contributed by atoms with Gasteiger partial charge in [0.15, 0.2) is 6.61 Å². The summed E-state index contributed by atoms with van der Waals surface area (Å²) in [5.74, 6) is 2.10. The van der Waals surface area contributed by atoms with Crippen molar-refractivity contribution in [3.05, 3.63) is 54.6 Å². The minimum Gasteiger partial charge on any atom is -0.494 e. The fourth-order valence-electron chi connectivity index (χ4n) is 3.39. The number of para-hydroxylation sites is 1. The van der Waals surface area contributed by atoms with Crippen molar-refractivity contribution in [2.24, 2.45) is 0 Å². The molecule has 2 amide bonds. The highest BCUT2D eigenvalue weighted by Crippen LogP contribution is 2.18. The van der Waals surface area contributed by atoms with Crippen molar-refractivity contribution >= 4 is 11.8 Å². The molecule has 1 saturated heterocycles. The number of hydrogen-bond acceptors (Lipinski definition) is 5. The number of hydrogen-bond donors (Lipinski definition) is 1. The zero-order chi connectivity index (χ0) is 21.9. The molecule has 1 fully saturated rings. The Morgan fingerprint density at radius 2 is 1.52 bits per heavy atom. The number of likely N-dealkylation sites (tertiary alicyclic amines) is 1. The van der Waals surface area contributed by atoms with Gasteiger partial charge >= 0.3 is 0 Å². The summed E-state index contributed by atoms with van der Waals surface area (Å²) in [6.45, 7) is 4.10. The van der Waals surface area contributed by atoms with E-state index in [0.717, 1.165) is 24.3 Å². The van der Waals surface area contributed by atoms with E-state index in [0.29, 0.717) is 38.5 Å². The molecule has 166 valence electrons. The van der Waals surface area contributed by atoms with Crippen LogP contribution in [0.3, 0.4) is 0 Å². The molecule has 0 bridgehead atoms. The summed E-state index contributed by atoms with van der Waals surface area (Å²) in [6, 6.07) is 16.8. The van der Waals surface area contributed by atoms with Gasteiger partial charge in [-0.2, -0.15) is 0 Å². The number of benzene rings is 2. The first kappa shape index (κ1) is 22.5. The predicted molar refractivity (Wildman–Crippen MR) is 117 cm³/mol. The van der Waals surface area contributed by atoms with E-state index in [9.17, 15) is 9.59 Å². The molecule has 0 aromatic heterocycles. The molecule has 1 heterocycles. The average Bonchev–Trinajstić information content (AvgIpc) is 2.80. The molecule has 2 aromatic rings. The summed E-state index contributed by atoms with van der Waals surface area (Å²) in [6.07, 6.45) is 1.78. The molecule has 31 heavy (non-hydrogen) atoms. The predicted octanol–water partition coefficient (Wildman–Crippen LogP) is 3.04. The highest BCUT2D eigenvalue weighted by molar-refractivity contribution is 5.78. The minimum atomic E-state index is -0.0464. The fraction of sp³-hybridized carbons (Fsp3) is 0.417. The van der Waals surface area contributed by atoms with E-state index in [1.165, 1.54) is 0 Å². The van der Waals surface area contributed by atoms with Crippen LogP contribution in [0.2, 0.25) is 0 Å². The highest BCUT2D eigenvalue weighted by Gasteiger charge is 2.24. The van der Waals surface area contributed by atoms with E-state index in [1.807, 2.05) is 49.4 Å². The Morgan fingerprint density at radius 3 is 2.16 bits per heavy atom. The van der Waals surface area contributed by atoms with Crippen LogP contribution in [0.1, 0.15) is 26.2 Å². The Morgan fingerprint density at radius 1 is 0.903 bits per heavy atom. The molecule has 7 nitrogen and oxygen atoms in total. The maximum Gasteiger partial charge on any atom is 0.260 e. The molecule has 0 spiro atoms. The summed E-state index contributed by atoms with van der Waals surface area (Å²) in [5, 5.41) is 3.04. The van der Waals surface area contributed by atoms with E-state index in [-0.39, 0.29) is 24.5 Å². The third-order valence-electron chi connectivity index (χ3n) is 5.05. The van der Waals surface area contributed by atoms with Crippen LogP contribution in [0.5, 0.6) is 17.2 Å². The van der Waals surface area contributed by atoms with Gasteiger partial charge in [0.1, 0.15) is 17.2 Å². The van der Waals surface area contributed by atoms with Crippen LogP contribution >= 0.6 is 0 Å². The monoisotopic (exact) mass is 426 g/mol. The van der Waals surface area contributed by atoms with Gasteiger partial charge in [0.05, 0.1) is 19.6 Å². The third-order valence-corrected chi connectivity index (χ3v) is 5.05. The van der Waals surface area contributed by atoms with Gasteiger partial charge in [-0.3, -0.25) is 9.59 Å². The van der Waals surface area contributed by atoms with Crippen molar-refractivity contribution in [2.45, 2.75) is 32.2 Å². The zero-order valence-corrected chi connectivity index (χ0v) is 17.9. The molecular weight excluding hydrogens is 396 g/mol. The molecule has 0 unspecified atom stereocenters. The first-order chi connectivity index (χ1) is 15.1. The van der Waals surface area contributed by atoms with Crippen LogP contribution in [-0.2, 0) is 9.59 Å². The summed E-state index contributed by atoms with van der Waals surface area (Å²) < 4.78 is 16.6. The number of nitrogens with one attached hydrogen (secondary N) is 1. The van der Waals surface area contributed by atoms with Gasteiger partial charge in [0, 0.05) is 19.1 Å². The quantitative estimate of drug-likeness (QED) is 0.632. The second-order valence-electron chi connectivity index (χ2n) is 7.33. The maximum absolute atomic E-state index is 12.4. The Hall–Kier alpha value is -3.22. The second-order valence-corrected chi connectivity index (χ2v) is 7.33. The molecule has 1 aliphatic rings. The number of nitrogens with zero attached hydrogens (tertiary/aromatic N) is 1. The van der Waals surface area contributed by atoms with E-state index in [2.05, 4.69) is 5.32 Å². The number of piperidine rings is 1. The van der Waals surface area contributed by atoms with Gasteiger partial charge in [-0.05, 0) is 56.2 Å². The molecule has 7 heteroatoms. The molecule has 1 aliphatic heterocycles. The van der Waals surface area contributed by atoms with Crippen molar-refractivity contribution in [1.82, 2.24) is 10.2 Å². The number of amides is 2. The lowest BCUT2D eigenvalue weighted by Crippen LogP contribution is -2.47. The number of ether oxygens (including phenoxy) is 3. The fourth-order valence-corrected chi connectivity index (χ4v) is 3.39. The van der Waals surface area contributed by atoms with Gasteiger partial charge in [-0.1, -0.05) is 18.2 Å². The first-order valence-electron chi connectivity index (χ1n) is 10.7. The van der Waals surface area contributed by atoms with Crippen LogP contribution in [0.4, 0.5) is 0 Å². The van der Waals surface area contributed by atoms with Gasteiger partial charge in [0.2, 0.25) is 5.91 Å². The van der Waals surface area contributed by atoms with Crippen LogP contribution in [-0.4, -0.2) is 55.7 Å². The number of carbonyl (C=O) groups is 2. The maximum atomic E-state index is 12.4. The van der Waals surface area contributed by atoms with Crippen molar-refractivity contribution in [2.75, 3.05) is 32.9 Å². The van der Waals surface area contributed by atoms with E-state index >= 15 is 0 Å². The van der Waals surface area contributed by atoms with E-state index in [4.69, 9.17) is 14.2 Å². The normalized spacial score (nSPS) is 14.0.